The molecule has 0 aliphatic heterocycles. The fourth-order valence-corrected chi connectivity index (χ4v) is 3.23. The number of hydrogen-bond acceptors (Lipinski definition) is 2. The van der Waals surface area contributed by atoms with Crippen LogP contribution in [0.2, 0.25) is 0 Å². The molecule has 0 fully saturated rings. The third-order valence-corrected chi connectivity index (χ3v) is 4.45. The molecule has 1 heterocycles. The van der Waals surface area contributed by atoms with Gasteiger partial charge >= 0.3 is 0 Å². The summed E-state index contributed by atoms with van der Waals surface area (Å²) in [6, 6.07) is 14.4. The van der Waals surface area contributed by atoms with Crippen molar-refractivity contribution in [2.75, 3.05) is 6.66 Å². The molecule has 2 aromatic rings. The second-order valence-corrected chi connectivity index (χ2v) is 6.13. The molecule has 1 aromatic heterocycles. The van der Waals surface area contributed by atoms with Crippen LogP contribution in [0.4, 0.5) is 0 Å². The average molecular weight is 273 g/mol. The van der Waals surface area contributed by atoms with E-state index in [0.717, 1.165) is 20.0 Å². The van der Waals surface area contributed by atoms with Gasteiger partial charge in [-0.25, -0.2) is 0 Å². The number of pyridine rings is 1. The van der Waals surface area contributed by atoms with Crippen molar-refractivity contribution in [2.24, 2.45) is 0 Å². The lowest BCUT2D eigenvalue weighted by Gasteiger charge is -2.27. The molecule has 0 aliphatic rings. The molecule has 0 radical (unpaired) electrons. The molecule has 3 heteroatoms. The van der Waals surface area contributed by atoms with E-state index in [9.17, 15) is 5.11 Å². The highest BCUT2D eigenvalue weighted by molar-refractivity contribution is 7.46. The van der Waals surface area contributed by atoms with Crippen LogP contribution >= 0.6 is 8.58 Å². The zero-order valence-electron chi connectivity index (χ0n) is 11.6. The maximum atomic E-state index is 9.24. The Kier molecular flexibility index (Phi) is 4.34. The Bertz CT molecular complexity index is 566. The van der Waals surface area contributed by atoms with Gasteiger partial charge < -0.3 is 5.11 Å². The SMILES string of the molecule is CPc1ccccc1C(C)(C)c1cccc(CO)n1. The monoisotopic (exact) mass is 273 g/mol. The highest BCUT2D eigenvalue weighted by Gasteiger charge is 2.26. The van der Waals surface area contributed by atoms with Crippen LogP contribution < -0.4 is 5.30 Å². The molecule has 2 rings (SSSR count). The summed E-state index contributed by atoms with van der Waals surface area (Å²) >= 11 is 0. The molecule has 0 saturated heterocycles. The molecule has 1 atom stereocenters. The Balaban J connectivity index is 2.51. The van der Waals surface area contributed by atoms with Gasteiger partial charge in [0.1, 0.15) is 0 Å². The quantitative estimate of drug-likeness (QED) is 0.869. The molecule has 1 aromatic carbocycles. The Morgan fingerprint density at radius 3 is 2.53 bits per heavy atom. The van der Waals surface area contributed by atoms with E-state index in [0.29, 0.717) is 0 Å². The molecule has 1 unspecified atom stereocenters. The van der Waals surface area contributed by atoms with E-state index in [-0.39, 0.29) is 12.0 Å². The molecule has 1 N–H and O–H groups in total. The van der Waals surface area contributed by atoms with Gasteiger partial charge in [0.25, 0.3) is 0 Å². The van der Waals surface area contributed by atoms with Crippen LogP contribution in [-0.4, -0.2) is 16.8 Å². The smallest absolute Gasteiger partial charge is 0.0853 e. The second kappa shape index (κ2) is 5.81. The summed E-state index contributed by atoms with van der Waals surface area (Å²) in [5, 5.41) is 10.6. The molecule has 19 heavy (non-hydrogen) atoms. The highest BCUT2D eigenvalue weighted by atomic mass is 31.1. The number of benzene rings is 1. The molecule has 0 aliphatic carbocycles. The van der Waals surface area contributed by atoms with E-state index in [4.69, 9.17) is 0 Å². The number of aliphatic hydroxyl groups is 1. The lowest BCUT2D eigenvalue weighted by molar-refractivity contribution is 0.276. The van der Waals surface area contributed by atoms with Gasteiger partial charge in [0.2, 0.25) is 0 Å². The van der Waals surface area contributed by atoms with Crippen molar-refractivity contribution >= 4 is 13.9 Å². The molecule has 0 amide bonds. The van der Waals surface area contributed by atoms with Crippen LogP contribution in [0.3, 0.4) is 0 Å². The van der Waals surface area contributed by atoms with Gasteiger partial charge in [-0.1, -0.05) is 52.8 Å². The van der Waals surface area contributed by atoms with E-state index >= 15 is 0 Å². The first-order valence-corrected chi connectivity index (χ1v) is 7.94. The van der Waals surface area contributed by atoms with Crippen LogP contribution in [0.25, 0.3) is 0 Å². The zero-order chi connectivity index (χ0) is 13.9. The van der Waals surface area contributed by atoms with Gasteiger partial charge in [0.05, 0.1) is 18.0 Å². The van der Waals surface area contributed by atoms with Crippen molar-refractivity contribution in [3.05, 3.63) is 59.4 Å². The highest BCUT2D eigenvalue weighted by Crippen LogP contribution is 2.31. The summed E-state index contributed by atoms with van der Waals surface area (Å²) in [5.74, 6) is 0. The lowest BCUT2D eigenvalue weighted by atomic mass is 9.81. The minimum absolute atomic E-state index is 0.0128. The number of rotatable bonds is 4. The van der Waals surface area contributed by atoms with Crippen molar-refractivity contribution < 1.29 is 5.11 Å². The van der Waals surface area contributed by atoms with E-state index in [1.807, 2.05) is 18.2 Å². The Hall–Kier alpha value is -1.24. The van der Waals surface area contributed by atoms with Crippen LogP contribution in [0.15, 0.2) is 42.5 Å². The van der Waals surface area contributed by atoms with Gasteiger partial charge in [-0.2, -0.15) is 0 Å². The standard InChI is InChI=1S/C16H20NOP/c1-16(2,13-8-4-5-9-14(13)19-3)15-10-6-7-12(11-18)17-15/h4-10,18-19H,11H2,1-3H3. The summed E-state index contributed by atoms with van der Waals surface area (Å²) in [4.78, 5) is 4.57. The van der Waals surface area contributed by atoms with E-state index < -0.39 is 0 Å². The molecule has 100 valence electrons. The van der Waals surface area contributed by atoms with Crippen molar-refractivity contribution in [3.8, 4) is 0 Å². The summed E-state index contributed by atoms with van der Waals surface area (Å²) < 4.78 is 0. The van der Waals surface area contributed by atoms with Crippen LogP contribution in [0, 0.1) is 0 Å². The normalized spacial score (nSPS) is 12.2. The predicted molar refractivity (Wildman–Crippen MR) is 82.6 cm³/mol. The number of nitrogens with zero attached hydrogens (tertiary/aromatic N) is 1. The van der Waals surface area contributed by atoms with Crippen molar-refractivity contribution in [2.45, 2.75) is 25.9 Å². The lowest BCUT2D eigenvalue weighted by Crippen LogP contribution is -2.26. The summed E-state index contributed by atoms with van der Waals surface area (Å²) in [5.41, 5.74) is 2.90. The third-order valence-electron chi connectivity index (χ3n) is 3.48. The Morgan fingerprint density at radius 2 is 1.84 bits per heavy atom. The molecular formula is C16H20NOP. The van der Waals surface area contributed by atoms with Crippen molar-refractivity contribution in [3.63, 3.8) is 0 Å². The summed E-state index contributed by atoms with van der Waals surface area (Å²) in [7, 11) is 0.768. The molecular weight excluding hydrogens is 253 g/mol. The fraction of sp³-hybridized carbons (Fsp3) is 0.312. The van der Waals surface area contributed by atoms with Crippen LogP contribution in [0.1, 0.15) is 30.8 Å². The number of aromatic nitrogens is 1. The first-order valence-electron chi connectivity index (χ1n) is 6.44. The van der Waals surface area contributed by atoms with Gasteiger partial charge in [-0.05, 0) is 29.7 Å². The maximum absolute atomic E-state index is 9.24. The minimum atomic E-state index is -0.148. The fourth-order valence-electron chi connectivity index (χ4n) is 2.30. The molecule has 0 saturated carbocycles. The van der Waals surface area contributed by atoms with Crippen LogP contribution in [0.5, 0.6) is 0 Å². The largest absolute Gasteiger partial charge is 0.390 e. The van der Waals surface area contributed by atoms with E-state index in [2.05, 4.69) is 49.8 Å². The second-order valence-electron chi connectivity index (χ2n) is 5.09. The first-order chi connectivity index (χ1) is 9.09. The van der Waals surface area contributed by atoms with Gasteiger partial charge in [-0.3, -0.25) is 4.98 Å². The average Bonchev–Trinajstić information content (AvgIpc) is 2.47. The first kappa shape index (κ1) is 14.2. The number of hydrogen-bond donors (Lipinski definition) is 1. The van der Waals surface area contributed by atoms with Crippen LogP contribution in [-0.2, 0) is 12.0 Å². The van der Waals surface area contributed by atoms with Crippen molar-refractivity contribution in [1.82, 2.24) is 4.98 Å². The van der Waals surface area contributed by atoms with Gasteiger partial charge in [0.15, 0.2) is 0 Å². The topological polar surface area (TPSA) is 33.1 Å². The Labute approximate surface area is 116 Å². The van der Waals surface area contributed by atoms with E-state index in [1.54, 1.807) is 0 Å². The minimum Gasteiger partial charge on any atom is -0.390 e. The van der Waals surface area contributed by atoms with Crippen molar-refractivity contribution in [1.29, 1.82) is 0 Å². The van der Waals surface area contributed by atoms with Gasteiger partial charge in [0, 0.05) is 5.41 Å². The Morgan fingerprint density at radius 1 is 1.11 bits per heavy atom. The summed E-state index contributed by atoms with van der Waals surface area (Å²) in [6.45, 7) is 6.57. The van der Waals surface area contributed by atoms with Gasteiger partial charge in [-0.15, -0.1) is 0 Å². The zero-order valence-corrected chi connectivity index (χ0v) is 12.6. The molecule has 2 nitrogen and oxygen atoms in total. The third kappa shape index (κ3) is 2.86. The molecule has 0 bridgehead atoms. The maximum Gasteiger partial charge on any atom is 0.0853 e. The predicted octanol–water partition coefficient (Wildman–Crippen LogP) is 2.83. The summed E-state index contributed by atoms with van der Waals surface area (Å²) in [6.07, 6.45) is 0. The van der Waals surface area contributed by atoms with E-state index in [1.165, 1.54) is 10.9 Å². The number of aliphatic hydroxyl groups excluding tert-OH is 1. The molecule has 0 spiro atoms.